The fraction of sp³-hybridized carbons (Fsp3) is 0.600. The minimum absolute atomic E-state index is 0.106. The number of aromatic nitrogens is 1. The van der Waals surface area contributed by atoms with E-state index in [2.05, 4.69) is 4.99 Å². The Balaban J connectivity index is 1.83. The Morgan fingerprint density at radius 1 is 1.73 bits per heavy atom. The molecule has 1 amide bonds. The number of carbonyl (C=O) groups excluding carboxylic acids is 1. The fourth-order valence-electron chi connectivity index (χ4n) is 1.17. The molecule has 0 aliphatic heterocycles. The van der Waals surface area contributed by atoms with Gasteiger partial charge >= 0.3 is 0 Å². The van der Waals surface area contributed by atoms with Crippen molar-refractivity contribution in [2.45, 2.75) is 12.8 Å². The van der Waals surface area contributed by atoms with E-state index in [4.69, 9.17) is 4.74 Å². The highest BCUT2D eigenvalue weighted by Crippen LogP contribution is 2.28. The van der Waals surface area contributed by atoms with Crippen LogP contribution in [-0.4, -0.2) is 23.7 Å². The molecule has 1 aromatic rings. The normalized spacial score (nSPS) is 17.0. The van der Waals surface area contributed by atoms with E-state index in [1.165, 1.54) is 24.2 Å². The molecule has 0 atom stereocenters. The van der Waals surface area contributed by atoms with Crippen LogP contribution in [0.25, 0.3) is 0 Å². The first-order valence-corrected chi connectivity index (χ1v) is 5.89. The summed E-state index contributed by atoms with van der Waals surface area (Å²) in [6, 6.07) is 0. The highest BCUT2D eigenvalue weighted by molar-refractivity contribution is 7.07. The van der Waals surface area contributed by atoms with E-state index >= 15 is 0 Å². The average Bonchev–Trinajstić information content (AvgIpc) is 2.93. The van der Waals surface area contributed by atoms with Crippen LogP contribution >= 0.6 is 11.3 Å². The van der Waals surface area contributed by atoms with E-state index < -0.39 is 0 Å². The second-order valence-electron chi connectivity index (χ2n) is 3.76. The second kappa shape index (κ2) is 4.72. The number of hydrogen-bond acceptors (Lipinski definition) is 3. The van der Waals surface area contributed by atoms with Gasteiger partial charge in [0.2, 0.25) is 0 Å². The maximum atomic E-state index is 11.4. The van der Waals surface area contributed by atoms with Crippen molar-refractivity contribution in [3.8, 4) is 0 Å². The van der Waals surface area contributed by atoms with E-state index in [1.54, 1.807) is 0 Å². The lowest BCUT2D eigenvalue weighted by Crippen LogP contribution is -2.16. The number of thiazole rings is 1. The third-order valence-electron chi connectivity index (χ3n) is 2.26. The SMILES string of the molecule is Cn1ccsc1=NC(=O)COCC1CC1. The van der Waals surface area contributed by atoms with Gasteiger partial charge in [-0.25, -0.2) is 0 Å². The van der Waals surface area contributed by atoms with Gasteiger partial charge in [0, 0.05) is 18.6 Å². The van der Waals surface area contributed by atoms with Gasteiger partial charge in [-0.3, -0.25) is 4.79 Å². The topological polar surface area (TPSA) is 43.6 Å². The van der Waals surface area contributed by atoms with Crippen LogP contribution in [0.1, 0.15) is 12.8 Å². The summed E-state index contributed by atoms with van der Waals surface area (Å²) < 4.78 is 7.08. The predicted molar refractivity (Wildman–Crippen MR) is 57.4 cm³/mol. The Labute approximate surface area is 92.2 Å². The number of ether oxygens (including phenoxy) is 1. The average molecular weight is 226 g/mol. The zero-order chi connectivity index (χ0) is 10.7. The van der Waals surface area contributed by atoms with Crippen LogP contribution in [0.2, 0.25) is 0 Å². The van der Waals surface area contributed by atoms with Gasteiger partial charge in [-0.2, -0.15) is 4.99 Å². The van der Waals surface area contributed by atoms with Crippen molar-refractivity contribution in [3.63, 3.8) is 0 Å². The molecule has 1 aliphatic rings. The molecule has 82 valence electrons. The van der Waals surface area contributed by atoms with Gasteiger partial charge in [-0.15, -0.1) is 11.3 Å². The van der Waals surface area contributed by atoms with Crippen molar-refractivity contribution >= 4 is 17.2 Å². The first-order chi connectivity index (χ1) is 7.25. The Morgan fingerprint density at radius 2 is 2.53 bits per heavy atom. The Hall–Kier alpha value is -0.940. The van der Waals surface area contributed by atoms with Crippen LogP contribution in [0.15, 0.2) is 16.6 Å². The van der Waals surface area contributed by atoms with Crippen LogP contribution in [0.3, 0.4) is 0 Å². The van der Waals surface area contributed by atoms with E-state index in [0.717, 1.165) is 4.80 Å². The smallest absolute Gasteiger partial charge is 0.274 e. The molecule has 2 rings (SSSR count). The van der Waals surface area contributed by atoms with Crippen LogP contribution in [0.5, 0.6) is 0 Å². The molecule has 0 bridgehead atoms. The molecule has 1 aromatic heterocycles. The first kappa shape index (κ1) is 10.6. The van der Waals surface area contributed by atoms with E-state index in [9.17, 15) is 4.79 Å². The summed E-state index contributed by atoms with van der Waals surface area (Å²) in [5.74, 6) is 0.490. The monoisotopic (exact) mass is 226 g/mol. The summed E-state index contributed by atoms with van der Waals surface area (Å²) in [6.45, 7) is 0.812. The molecule has 0 aromatic carbocycles. The Kier molecular flexibility index (Phi) is 3.33. The fourth-order valence-corrected chi connectivity index (χ4v) is 1.92. The van der Waals surface area contributed by atoms with E-state index in [1.807, 2.05) is 23.2 Å². The van der Waals surface area contributed by atoms with Crippen molar-refractivity contribution in [2.24, 2.45) is 18.0 Å². The number of carbonyl (C=O) groups is 1. The number of hydrogen-bond donors (Lipinski definition) is 0. The summed E-state index contributed by atoms with van der Waals surface area (Å²) in [5, 5.41) is 1.90. The molecule has 0 unspecified atom stereocenters. The van der Waals surface area contributed by atoms with Gasteiger partial charge in [0.15, 0.2) is 4.80 Å². The highest BCUT2D eigenvalue weighted by Gasteiger charge is 2.21. The van der Waals surface area contributed by atoms with Crippen molar-refractivity contribution < 1.29 is 9.53 Å². The zero-order valence-electron chi connectivity index (χ0n) is 8.68. The third-order valence-corrected chi connectivity index (χ3v) is 3.10. The second-order valence-corrected chi connectivity index (χ2v) is 4.63. The number of amides is 1. The lowest BCUT2D eigenvalue weighted by Gasteiger charge is -1.97. The largest absolute Gasteiger partial charge is 0.371 e. The maximum absolute atomic E-state index is 11.4. The molecule has 15 heavy (non-hydrogen) atoms. The number of nitrogens with zero attached hydrogens (tertiary/aromatic N) is 2. The van der Waals surface area contributed by atoms with Crippen LogP contribution in [-0.2, 0) is 16.6 Å². The molecule has 0 spiro atoms. The van der Waals surface area contributed by atoms with Gasteiger partial charge in [0.05, 0.1) is 6.61 Å². The molecule has 5 heteroatoms. The molecule has 1 aliphatic carbocycles. The molecular weight excluding hydrogens is 212 g/mol. The van der Waals surface area contributed by atoms with Gasteiger partial charge in [-0.05, 0) is 18.8 Å². The molecule has 1 heterocycles. The molecule has 1 fully saturated rings. The molecule has 0 saturated heterocycles. The van der Waals surface area contributed by atoms with Crippen molar-refractivity contribution in [1.82, 2.24) is 4.57 Å². The molecule has 1 saturated carbocycles. The van der Waals surface area contributed by atoms with Crippen LogP contribution in [0, 0.1) is 5.92 Å². The third kappa shape index (κ3) is 3.28. The minimum Gasteiger partial charge on any atom is -0.371 e. The number of rotatable bonds is 4. The summed E-state index contributed by atoms with van der Waals surface area (Å²) in [4.78, 5) is 16.0. The lowest BCUT2D eigenvalue weighted by atomic mass is 10.5. The van der Waals surface area contributed by atoms with Crippen LogP contribution < -0.4 is 4.80 Å². The number of aryl methyl sites for hydroxylation is 1. The summed E-state index contributed by atoms with van der Waals surface area (Å²) >= 11 is 1.45. The van der Waals surface area contributed by atoms with Gasteiger partial charge in [0.25, 0.3) is 5.91 Å². The predicted octanol–water partition coefficient (Wildman–Crippen LogP) is 0.940. The Morgan fingerprint density at radius 3 is 3.13 bits per heavy atom. The van der Waals surface area contributed by atoms with Gasteiger partial charge in [0.1, 0.15) is 6.61 Å². The molecular formula is C10H14N2O2S. The maximum Gasteiger partial charge on any atom is 0.274 e. The van der Waals surface area contributed by atoms with Gasteiger partial charge < -0.3 is 9.30 Å². The Bertz CT molecular complexity index is 404. The first-order valence-electron chi connectivity index (χ1n) is 5.01. The molecule has 4 nitrogen and oxygen atoms in total. The summed E-state index contributed by atoms with van der Waals surface area (Å²) in [5.41, 5.74) is 0. The van der Waals surface area contributed by atoms with E-state index in [-0.39, 0.29) is 12.5 Å². The summed E-state index contributed by atoms with van der Waals surface area (Å²) in [7, 11) is 1.87. The van der Waals surface area contributed by atoms with Gasteiger partial charge in [-0.1, -0.05) is 0 Å². The van der Waals surface area contributed by atoms with Crippen molar-refractivity contribution in [3.05, 3.63) is 16.4 Å². The quantitative estimate of drug-likeness (QED) is 0.767. The summed E-state index contributed by atoms with van der Waals surface area (Å²) in [6.07, 6.45) is 4.36. The highest BCUT2D eigenvalue weighted by atomic mass is 32.1. The zero-order valence-corrected chi connectivity index (χ0v) is 9.50. The molecule has 0 radical (unpaired) electrons. The molecule has 0 N–H and O–H groups in total. The van der Waals surface area contributed by atoms with E-state index in [0.29, 0.717) is 12.5 Å². The minimum atomic E-state index is -0.200. The van der Waals surface area contributed by atoms with Crippen molar-refractivity contribution in [1.29, 1.82) is 0 Å². The van der Waals surface area contributed by atoms with Crippen molar-refractivity contribution in [2.75, 3.05) is 13.2 Å². The standard InChI is InChI=1S/C10H14N2O2S/c1-12-4-5-15-10(12)11-9(13)7-14-6-8-2-3-8/h4-5,8H,2-3,6-7H2,1H3. The van der Waals surface area contributed by atoms with Crippen LogP contribution in [0.4, 0.5) is 0 Å². The lowest BCUT2D eigenvalue weighted by molar-refractivity contribution is -0.122.